The molecule has 0 bridgehead atoms. The van der Waals surface area contributed by atoms with Gasteiger partial charge in [0.2, 0.25) is 11.8 Å². The van der Waals surface area contributed by atoms with Gasteiger partial charge in [-0.25, -0.2) is 8.42 Å². The summed E-state index contributed by atoms with van der Waals surface area (Å²) >= 11 is 2.53. The molecule has 10 heteroatoms. The maximum Gasteiger partial charge on any atom is 0.252 e. The first kappa shape index (κ1) is 23.3. The third-order valence-electron chi connectivity index (χ3n) is 5.65. The van der Waals surface area contributed by atoms with Crippen molar-refractivity contribution in [3.8, 4) is 0 Å². The van der Waals surface area contributed by atoms with Crippen LogP contribution in [0.3, 0.4) is 0 Å². The van der Waals surface area contributed by atoms with Crippen LogP contribution in [0.15, 0.2) is 44.8 Å². The van der Waals surface area contributed by atoms with E-state index in [1.165, 1.54) is 37.9 Å². The number of aryl methyl sites for hydroxylation is 1. The average Bonchev–Trinajstić information content (AvgIpc) is 3.46. The number of thiophene rings is 1. The van der Waals surface area contributed by atoms with Crippen LogP contribution < -0.4 is 10.2 Å². The highest BCUT2D eigenvalue weighted by molar-refractivity contribution is 8.02. The molecule has 2 aliphatic heterocycles. The Morgan fingerprint density at radius 2 is 1.91 bits per heavy atom. The highest BCUT2D eigenvalue weighted by atomic mass is 32.3. The van der Waals surface area contributed by atoms with E-state index in [4.69, 9.17) is 0 Å². The summed E-state index contributed by atoms with van der Waals surface area (Å²) in [5.41, 5.74) is 1.74. The van der Waals surface area contributed by atoms with E-state index in [0.29, 0.717) is 18.8 Å². The molecule has 0 radical (unpaired) electrons. The first-order chi connectivity index (χ1) is 15.3. The van der Waals surface area contributed by atoms with Crippen LogP contribution in [-0.4, -0.2) is 56.0 Å². The Morgan fingerprint density at radius 1 is 1.19 bits per heavy atom. The van der Waals surface area contributed by atoms with Gasteiger partial charge in [-0.2, -0.15) is 4.31 Å². The Kier molecular flexibility index (Phi) is 7.24. The quantitative estimate of drug-likeness (QED) is 0.611. The van der Waals surface area contributed by atoms with Gasteiger partial charge >= 0.3 is 0 Å². The maximum absolute atomic E-state index is 12.9. The predicted molar refractivity (Wildman–Crippen MR) is 128 cm³/mol. The molecule has 2 amide bonds. The summed E-state index contributed by atoms with van der Waals surface area (Å²) in [4.78, 5) is 26.7. The van der Waals surface area contributed by atoms with E-state index in [9.17, 15) is 18.0 Å². The number of anilines is 1. The molecule has 0 saturated carbocycles. The minimum atomic E-state index is -3.55. The fourth-order valence-corrected chi connectivity index (χ4v) is 8.33. The highest BCUT2D eigenvalue weighted by Crippen LogP contribution is 2.44. The van der Waals surface area contributed by atoms with Crippen molar-refractivity contribution in [2.75, 3.05) is 30.3 Å². The third-order valence-corrected chi connectivity index (χ3v) is 10.4. The van der Waals surface area contributed by atoms with Gasteiger partial charge in [0.15, 0.2) is 0 Å². The standard InChI is InChI=1S/C22H27N3O4S3/c1-16(9-10-17-7-3-2-4-8-17)23-19(26)14-25-18-13-21(31-22(18)30-15-20(25)27)32(28,29)24-11-5-6-12-24/h2-4,7-8,13,16H,5-6,9-12,14-15H2,1H3,(H,23,26). The second-order valence-electron chi connectivity index (χ2n) is 8.11. The van der Waals surface area contributed by atoms with Crippen molar-refractivity contribution >= 4 is 50.6 Å². The fourth-order valence-electron chi connectivity index (χ4n) is 3.90. The number of thioether (sulfide) groups is 1. The van der Waals surface area contributed by atoms with Crippen molar-refractivity contribution in [2.45, 2.75) is 47.1 Å². The van der Waals surface area contributed by atoms with Crippen LogP contribution >= 0.6 is 23.1 Å². The SMILES string of the molecule is CC(CCc1ccccc1)NC(=O)CN1C(=O)CSc2sc(S(=O)(=O)N3CCCC3)cc21. The first-order valence-corrected chi connectivity index (χ1v) is 14.0. The largest absolute Gasteiger partial charge is 0.352 e. The second kappa shape index (κ2) is 9.94. The predicted octanol–water partition coefficient (Wildman–Crippen LogP) is 3.11. The molecular weight excluding hydrogens is 466 g/mol. The molecule has 1 saturated heterocycles. The molecule has 1 aromatic heterocycles. The number of sulfonamides is 1. The lowest BCUT2D eigenvalue weighted by atomic mass is 10.1. The van der Waals surface area contributed by atoms with Gasteiger partial charge in [0.25, 0.3) is 10.0 Å². The summed E-state index contributed by atoms with van der Waals surface area (Å²) in [5, 5.41) is 2.97. The molecule has 172 valence electrons. The molecule has 1 atom stereocenters. The summed E-state index contributed by atoms with van der Waals surface area (Å²) in [6.45, 7) is 2.90. The number of nitrogens with zero attached hydrogens (tertiary/aromatic N) is 2. The van der Waals surface area contributed by atoms with Gasteiger partial charge in [0, 0.05) is 19.1 Å². The minimum Gasteiger partial charge on any atom is -0.352 e. The number of carbonyl (C=O) groups excluding carboxylic acids is 2. The molecule has 1 unspecified atom stereocenters. The molecular formula is C22H27N3O4S3. The van der Waals surface area contributed by atoms with Crippen LogP contribution in [0.1, 0.15) is 31.7 Å². The summed E-state index contributed by atoms with van der Waals surface area (Å²) in [6, 6.07) is 11.6. The van der Waals surface area contributed by atoms with Crippen molar-refractivity contribution in [1.82, 2.24) is 9.62 Å². The zero-order valence-electron chi connectivity index (χ0n) is 18.0. The normalized spacial score (nSPS) is 17.9. The maximum atomic E-state index is 12.9. The number of fused-ring (bicyclic) bond motifs is 1. The van der Waals surface area contributed by atoms with Gasteiger partial charge in [0.1, 0.15) is 10.8 Å². The molecule has 4 rings (SSSR count). The zero-order chi connectivity index (χ0) is 22.7. The Labute approximate surface area is 197 Å². The number of carbonyl (C=O) groups is 2. The van der Waals surface area contributed by atoms with Crippen LogP contribution in [0.25, 0.3) is 0 Å². The minimum absolute atomic E-state index is 0.0370. The van der Waals surface area contributed by atoms with Gasteiger partial charge in [0.05, 0.1) is 15.6 Å². The lowest BCUT2D eigenvalue weighted by Gasteiger charge is -2.26. The zero-order valence-corrected chi connectivity index (χ0v) is 20.4. The number of hydrogen-bond acceptors (Lipinski definition) is 6. The molecule has 3 heterocycles. The molecule has 1 fully saturated rings. The Balaban J connectivity index is 1.41. The Bertz CT molecular complexity index is 1080. The number of amides is 2. The van der Waals surface area contributed by atoms with Gasteiger partial charge in [-0.3, -0.25) is 9.59 Å². The topological polar surface area (TPSA) is 86.8 Å². The molecule has 2 aliphatic rings. The van der Waals surface area contributed by atoms with E-state index in [-0.39, 0.29) is 34.4 Å². The first-order valence-electron chi connectivity index (χ1n) is 10.7. The highest BCUT2D eigenvalue weighted by Gasteiger charge is 2.34. The van der Waals surface area contributed by atoms with E-state index < -0.39 is 10.0 Å². The molecule has 1 N–H and O–H groups in total. The molecule has 1 aromatic carbocycles. The monoisotopic (exact) mass is 493 g/mol. The summed E-state index contributed by atoms with van der Waals surface area (Å²) in [6.07, 6.45) is 3.38. The van der Waals surface area contributed by atoms with Crippen molar-refractivity contribution < 1.29 is 18.0 Å². The van der Waals surface area contributed by atoms with E-state index in [1.54, 1.807) is 6.07 Å². The molecule has 7 nitrogen and oxygen atoms in total. The number of nitrogens with one attached hydrogen (secondary N) is 1. The van der Waals surface area contributed by atoms with Crippen LogP contribution in [0, 0.1) is 0 Å². The third kappa shape index (κ3) is 5.19. The van der Waals surface area contributed by atoms with Gasteiger partial charge in [-0.05, 0) is 44.2 Å². The van der Waals surface area contributed by atoms with E-state index in [0.717, 1.165) is 29.9 Å². The van der Waals surface area contributed by atoms with E-state index >= 15 is 0 Å². The summed E-state index contributed by atoms with van der Waals surface area (Å²) in [5.74, 6) is -0.225. The van der Waals surface area contributed by atoms with Crippen molar-refractivity contribution in [3.63, 3.8) is 0 Å². The number of rotatable bonds is 8. The van der Waals surface area contributed by atoms with Crippen LogP contribution in [0.2, 0.25) is 0 Å². The average molecular weight is 494 g/mol. The lowest BCUT2D eigenvalue weighted by molar-refractivity contribution is -0.123. The lowest BCUT2D eigenvalue weighted by Crippen LogP contribution is -2.45. The van der Waals surface area contributed by atoms with Gasteiger partial charge in [-0.15, -0.1) is 23.1 Å². The number of hydrogen-bond donors (Lipinski definition) is 1. The van der Waals surface area contributed by atoms with Gasteiger partial charge < -0.3 is 10.2 Å². The fraction of sp³-hybridized carbons (Fsp3) is 0.455. The van der Waals surface area contributed by atoms with E-state index in [2.05, 4.69) is 17.4 Å². The Morgan fingerprint density at radius 3 is 2.62 bits per heavy atom. The molecule has 0 aliphatic carbocycles. The van der Waals surface area contributed by atoms with Crippen LogP contribution in [0.5, 0.6) is 0 Å². The smallest absolute Gasteiger partial charge is 0.252 e. The van der Waals surface area contributed by atoms with Crippen LogP contribution in [-0.2, 0) is 26.0 Å². The summed E-state index contributed by atoms with van der Waals surface area (Å²) in [7, 11) is -3.55. The molecule has 2 aromatic rings. The van der Waals surface area contributed by atoms with E-state index in [1.807, 2.05) is 25.1 Å². The Hall–Kier alpha value is -1.88. The molecule has 32 heavy (non-hydrogen) atoms. The van der Waals surface area contributed by atoms with Gasteiger partial charge in [-0.1, -0.05) is 30.3 Å². The summed E-state index contributed by atoms with van der Waals surface area (Å²) < 4.78 is 28.4. The van der Waals surface area contributed by atoms with Crippen molar-refractivity contribution in [3.05, 3.63) is 42.0 Å². The van der Waals surface area contributed by atoms with Crippen LogP contribution in [0.4, 0.5) is 5.69 Å². The molecule has 0 spiro atoms. The van der Waals surface area contributed by atoms with Crippen molar-refractivity contribution in [2.24, 2.45) is 0 Å². The second-order valence-corrected chi connectivity index (χ2v) is 12.6. The number of benzene rings is 1. The van der Waals surface area contributed by atoms with Crippen molar-refractivity contribution in [1.29, 1.82) is 0 Å².